The monoisotopic (exact) mass is 385 g/mol. The summed E-state index contributed by atoms with van der Waals surface area (Å²) >= 11 is 4.98. The van der Waals surface area contributed by atoms with E-state index in [0.717, 1.165) is 11.3 Å². The first-order chi connectivity index (χ1) is 13.0. The highest BCUT2D eigenvalue weighted by Crippen LogP contribution is 2.16. The van der Waals surface area contributed by atoms with Gasteiger partial charge in [0.05, 0.1) is 19.8 Å². The molecule has 0 aromatic heterocycles. The lowest BCUT2D eigenvalue weighted by atomic mass is 10.2. The van der Waals surface area contributed by atoms with Gasteiger partial charge in [-0.1, -0.05) is 24.3 Å². The zero-order valence-electron chi connectivity index (χ0n) is 14.8. The number of hydrazine groups is 1. The molecule has 0 aliphatic heterocycles. The Bertz CT molecular complexity index is 850. The van der Waals surface area contributed by atoms with Crippen LogP contribution in [0.15, 0.2) is 54.6 Å². The molecule has 3 N–H and O–H groups in total. The third kappa shape index (κ3) is 6.12. The summed E-state index contributed by atoms with van der Waals surface area (Å²) in [4.78, 5) is 24.0. The Labute approximate surface area is 162 Å². The molecule has 0 spiro atoms. The van der Waals surface area contributed by atoms with E-state index in [9.17, 15) is 9.59 Å². The second-order valence-corrected chi connectivity index (χ2v) is 5.61. The van der Waals surface area contributed by atoms with Gasteiger partial charge in [0.2, 0.25) is 5.91 Å². The van der Waals surface area contributed by atoms with Crippen molar-refractivity contribution in [3.05, 3.63) is 65.7 Å². The Kier molecular flexibility index (Phi) is 7.33. The summed E-state index contributed by atoms with van der Waals surface area (Å²) in [6.07, 6.45) is 2.96. The van der Waals surface area contributed by atoms with Crippen LogP contribution in [-0.2, 0) is 4.79 Å². The number of thiocarbonyl (C=S) groups is 1. The topological polar surface area (TPSA) is 88.7 Å². The van der Waals surface area contributed by atoms with E-state index in [4.69, 9.17) is 21.7 Å². The van der Waals surface area contributed by atoms with Crippen molar-refractivity contribution < 1.29 is 19.1 Å². The van der Waals surface area contributed by atoms with E-state index in [-0.39, 0.29) is 5.11 Å². The smallest absolute Gasteiger partial charge is 0.273 e. The lowest BCUT2D eigenvalue weighted by Gasteiger charge is -2.11. The first-order valence-electron chi connectivity index (χ1n) is 7.90. The van der Waals surface area contributed by atoms with Crippen molar-refractivity contribution in [1.82, 2.24) is 16.2 Å². The molecular weight excluding hydrogens is 366 g/mol. The van der Waals surface area contributed by atoms with Crippen LogP contribution in [0.25, 0.3) is 6.08 Å². The van der Waals surface area contributed by atoms with E-state index in [1.54, 1.807) is 49.6 Å². The molecule has 0 aliphatic carbocycles. The van der Waals surface area contributed by atoms with E-state index < -0.39 is 11.8 Å². The van der Waals surface area contributed by atoms with Crippen molar-refractivity contribution in [3.8, 4) is 11.5 Å². The van der Waals surface area contributed by atoms with Gasteiger partial charge in [0.25, 0.3) is 5.91 Å². The van der Waals surface area contributed by atoms with Crippen LogP contribution >= 0.6 is 12.2 Å². The zero-order chi connectivity index (χ0) is 19.6. The molecule has 0 fully saturated rings. The van der Waals surface area contributed by atoms with Gasteiger partial charge in [0, 0.05) is 6.08 Å². The fourth-order valence-corrected chi connectivity index (χ4v) is 2.24. The molecule has 0 unspecified atom stereocenters. The van der Waals surface area contributed by atoms with E-state index >= 15 is 0 Å². The van der Waals surface area contributed by atoms with Crippen LogP contribution in [0.5, 0.6) is 11.5 Å². The third-order valence-corrected chi connectivity index (χ3v) is 3.62. The molecule has 140 valence electrons. The van der Waals surface area contributed by atoms with Gasteiger partial charge in [-0.05, 0) is 48.1 Å². The normalized spacial score (nSPS) is 10.1. The Morgan fingerprint density at radius 3 is 2.33 bits per heavy atom. The molecule has 0 radical (unpaired) electrons. The average molecular weight is 385 g/mol. The maximum atomic E-state index is 12.1. The maximum Gasteiger partial charge on any atom is 0.273 e. The number of carbonyl (C=O) groups is 2. The fraction of sp³-hybridized carbons (Fsp3) is 0.105. The minimum atomic E-state index is -0.446. The summed E-state index contributed by atoms with van der Waals surface area (Å²) in [6.45, 7) is 0. The summed E-state index contributed by atoms with van der Waals surface area (Å²) < 4.78 is 10.2. The van der Waals surface area contributed by atoms with E-state index in [2.05, 4.69) is 16.2 Å². The summed E-state index contributed by atoms with van der Waals surface area (Å²) in [5.41, 5.74) is 6.04. The number of hydrogen-bond acceptors (Lipinski definition) is 5. The van der Waals surface area contributed by atoms with E-state index in [1.807, 2.05) is 12.1 Å². The molecular formula is C19H19N3O4S. The second kappa shape index (κ2) is 9.93. The highest BCUT2D eigenvalue weighted by Gasteiger charge is 2.11. The van der Waals surface area contributed by atoms with Gasteiger partial charge in [0.15, 0.2) is 5.11 Å². The van der Waals surface area contributed by atoms with Crippen LogP contribution in [-0.4, -0.2) is 31.1 Å². The van der Waals surface area contributed by atoms with Crippen molar-refractivity contribution >= 4 is 35.2 Å². The fourth-order valence-electron chi connectivity index (χ4n) is 2.08. The number of amides is 2. The van der Waals surface area contributed by atoms with Crippen molar-refractivity contribution in [2.45, 2.75) is 0 Å². The first kappa shape index (κ1) is 19.9. The van der Waals surface area contributed by atoms with Gasteiger partial charge in [-0.25, -0.2) is 0 Å². The van der Waals surface area contributed by atoms with Crippen LogP contribution in [0, 0.1) is 0 Å². The number of benzene rings is 2. The summed E-state index contributed by atoms with van der Waals surface area (Å²) in [5, 5.41) is 2.39. The third-order valence-electron chi connectivity index (χ3n) is 3.42. The van der Waals surface area contributed by atoms with Gasteiger partial charge in [-0.3, -0.25) is 25.8 Å². The van der Waals surface area contributed by atoms with Gasteiger partial charge < -0.3 is 9.47 Å². The maximum absolute atomic E-state index is 12.1. The van der Waals surface area contributed by atoms with Gasteiger partial charge in [0.1, 0.15) is 11.5 Å². The average Bonchev–Trinajstić information content (AvgIpc) is 2.70. The van der Waals surface area contributed by atoms with Crippen LogP contribution < -0.4 is 25.6 Å². The Morgan fingerprint density at radius 2 is 1.67 bits per heavy atom. The minimum Gasteiger partial charge on any atom is -0.497 e. The van der Waals surface area contributed by atoms with E-state index in [1.165, 1.54) is 13.2 Å². The Balaban J connectivity index is 1.83. The van der Waals surface area contributed by atoms with Crippen LogP contribution in [0.2, 0.25) is 0 Å². The molecule has 2 amide bonds. The van der Waals surface area contributed by atoms with Gasteiger partial charge in [-0.15, -0.1) is 0 Å². The molecule has 2 rings (SSSR count). The number of ether oxygens (including phenoxy) is 2. The van der Waals surface area contributed by atoms with Crippen molar-refractivity contribution in [1.29, 1.82) is 0 Å². The van der Waals surface area contributed by atoms with Gasteiger partial charge >= 0.3 is 0 Å². The molecule has 0 aliphatic rings. The SMILES string of the molecule is COc1ccc(C=CC(=O)NC(=S)NNC(=O)c2ccccc2OC)cc1. The molecule has 0 saturated carbocycles. The number of para-hydroxylation sites is 1. The first-order valence-corrected chi connectivity index (χ1v) is 8.30. The molecule has 7 nitrogen and oxygen atoms in total. The number of methoxy groups -OCH3 is 2. The van der Waals surface area contributed by atoms with Crippen molar-refractivity contribution in [2.24, 2.45) is 0 Å². The van der Waals surface area contributed by atoms with Crippen LogP contribution in [0.4, 0.5) is 0 Å². The van der Waals surface area contributed by atoms with Gasteiger partial charge in [-0.2, -0.15) is 0 Å². The zero-order valence-corrected chi connectivity index (χ0v) is 15.6. The van der Waals surface area contributed by atoms with Crippen molar-refractivity contribution in [3.63, 3.8) is 0 Å². The molecule has 0 atom stereocenters. The number of nitrogens with one attached hydrogen (secondary N) is 3. The highest BCUT2D eigenvalue weighted by atomic mass is 32.1. The van der Waals surface area contributed by atoms with Crippen molar-refractivity contribution in [2.75, 3.05) is 14.2 Å². The molecule has 0 bridgehead atoms. The molecule has 27 heavy (non-hydrogen) atoms. The van der Waals surface area contributed by atoms with Crippen LogP contribution in [0.1, 0.15) is 15.9 Å². The highest BCUT2D eigenvalue weighted by molar-refractivity contribution is 7.80. The lowest BCUT2D eigenvalue weighted by Crippen LogP contribution is -2.48. The number of rotatable bonds is 5. The molecule has 0 heterocycles. The lowest BCUT2D eigenvalue weighted by molar-refractivity contribution is -0.115. The summed E-state index contributed by atoms with van der Waals surface area (Å²) in [7, 11) is 3.05. The summed E-state index contributed by atoms with van der Waals surface area (Å²) in [5.74, 6) is 0.273. The Morgan fingerprint density at radius 1 is 0.963 bits per heavy atom. The quantitative estimate of drug-likeness (QED) is 0.415. The molecule has 0 saturated heterocycles. The standard InChI is InChI=1S/C19H19N3O4S/c1-25-14-10-7-13(8-11-14)9-12-17(23)20-19(27)22-21-18(24)15-5-3-4-6-16(15)26-2/h3-12H,1-2H3,(H,21,24)(H2,20,22,23,27). The molecule has 8 heteroatoms. The number of carbonyl (C=O) groups excluding carboxylic acids is 2. The Hall–Kier alpha value is -3.39. The molecule has 2 aromatic carbocycles. The number of hydrogen-bond donors (Lipinski definition) is 3. The second-order valence-electron chi connectivity index (χ2n) is 5.20. The molecule has 2 aromatic rings. The predicted octanol–water partition coefficient (Wildman–Crippen LogP) is 2.05. The minimum absolute atomic E-state index is 0.0392. The summed E-state index contributed by atoms with van der Waals surface area (Å²) in [6, 6.07) is 13.9. The predicted molar refractivity (Wildman–Crippen MR) is 106 cm³/mol. The van der Waals surface area contributed by atoms with Crippen LogP contribution in [0.3, 0.4) is 0 Å². The largest absolute Gasteiger partial charge is 0.497 e. The van der Waals surface area contributed by atoms with E-state index in [0.29, 0.717) is 11.3 Å².